The van der Waals surface area contributed by atoms with Crippen molar-refractivity contribution in [2.75, 3.05) is 12.4 Å². The molecule has 3 rings (SSSR count). The van der Waals surface area contributed by atoms with Crippen LogP contribution >= 0.6 is 11.6 Å². The number of fused-ring (bicyclic) bond motifs is 1. The van der Waals surface area contributed by atoms with Gasteiger partial charge in [0.05, 0.1) is 12.8 Å². The number of methoxy groups -OCH3 is 1. The Bertz CT molecular complexity index is 911. The molecule has 6 heteroatoms. The van der Waals surface area contributed by atoms with Gasteiger partial charge in [-0.1, -0.05) is 43.6 Å². The van der Waals surface area contributed by atoms with Crippen molar-refractivity contribution < 1.29 is 14.3 Å². The zero-order valence-electron chi connectivity index (χ0n) is 16.6. The lowest BCUT2D eigenvalue weighted by molar-refractivity contribution is -0.121. The Balaban J connectivity index is 1.88. The average molecular weight is 401 g/mol. The van der Waals surface area contributed by atoms with Gasteiger partial charge in [0.2, 0.25) is 5.91 Å². The first-order chi connectivity index (χ1) is 13.3. The SMILES string of the molecule is COc1cc(Cl)c(C)cc1NC(=O)C(CC(C)C)N1Cc2ccccc2C1=O. The van der Waals surface area contributed by atoms with Crippen molar-refractivity contribution >= 4 is 29.1 Å². The minimum absolute atomic E-state index is 0.101. The Morgan fingerprint density at radius 3 is 2.64 bits per heavy atom. The van der Waals surface area contributed by atoms with E-state index in [2.05, 4.69) is 5.32 Å². The van der Waals surface area contributed by atoms with Crippen molar-refractivity contribution in [2.45, 2.75) is 39.8 Å². The molecule has 28 heavy (non-hydrogen) atoms. The molecule has 1 unspecified atom stereocenters. The molecule has 1 heterocycles. The molecular weight excluding hydrogens is 376 g/mol. The quantitative estimate of drug-likeness (QED) is 0.766. The van der Waals surface area contributed by atoms with E-state index in [0.717, 1.165) is 11.1 Å². The number of hydrogen-bond donors (Lipinski definition) is 1. The van der Waals surface area contributed by atoms with Crippen molar-refractivity contribution in [3.8, 4) is 5.75 Å². The molecule has 2 aromatic rings. The minimum Gasteiger partial charge on any atom is -0.495 e. The van der Waals surface area contributed by atoms with Gasteiger partial charge in [-0.3, -0.25) is 9.59 Å². The van der Waals surface area contributed by atoms with E-state index in [1.807, 2.05) is 45.0 Å². The number of amides is 2. The van der Waals surface area contributed by atoms with Crippen LogP contribution in [0.5, 0.6) is 5.75 Å². The van der Waals surface area contributed by atoms with Gasteiger partial charge in [0.25, 0.3) is 5.91 Å². The molecule has 0 saturated carbocycles. The summed E-state index contributed by atoms with van der Waals surface area (Å²) in [5, 5.41) is 3.51. The summed E-state index contributed by atoms with van der Waals surface area (Å²) in [6.45, 7) is 6.39. The molecule has 0 radical (unpaired) electrons. The highest BCUT2D eigenvalue weighted by molar-refractivity contribution is 6.31. The minimum atomic E-state index is -0.569. The zero-order chi connectivity index (χ0) is 20.4. The molecule has 0 saturated heterocycles. The molecule has 0 aromatic heterocycles. The summed E-state index contributed by atoms with van der Waals surface area (Å²) in [6.07, 6.45) is 0.570. The van der Waals surface area contributed by atoms with E-state index in [-0.39, 0.29) is 17.7 Å². The van der Waals surface area contributed by atoms with Crippen molar-refractivity contribution in [2.24, 2.45) is 5.92 Å². The molecule has 1 atom stereocenters. The van der Waals surface area contributed by atoms with Crippen LogP contribution in [0.15, 0.2) is 36.4 Å². The van der Waals surface area contributed by atoms with E-state index >= 15 is 0 Å². The predicted octanol–water partition coefficient (Wildman–Crippen LogP) is 4.67. The maximum absolute atomic E-state index is 13.2. The molecular formula is C22H25ClN2O3. The Hall–Kier alpha value is -2.53. The summed E-state index contributed by atoms with van der Waals surface area (Å²) in [6, 6.07) is 10.4. The average Bonchev–Trinajstić information content (AvgIpc) is 2.99. The number of aryl methyl sites for hydroxylation is 1. The second kappa shape index (κ2) is 8.23. The first-order valence-electron chi connectivity index (χ1n) is 9.35. The Kier molecular flexibility index (Phi) is 5.94. The van der Waals surface area contributed by atoms with Gasteiger partial charge < -0.3 is 15.0 Å². The summed E-state index contributed by atoms with van der Waals surface area (Å²) in [7, 11) is 1.53. The van der Waals surface area contributed by atoms with Crippen LogP contribution in [-0.4, -0.2) is 29.9 Å². The van der Waals surface area contributed by atoms with E-state index < -0.39 is 6.04 Å². The Labute approximate surface area is 170 Å². The maximum Gasteiger partial charge on any atom is 0.255 e. The van der Waals surface area contributed by atoms with Gasteiger partial charge in [-0.15, -0.1) is 0 Å². The third kappa shape index (κ3) is 3.99. The number of nitrogens with zero attached hydrogens (tertiary/aromatic N) is 1. The number of carbonyl (C=O) groups excluding carboxylic acids is 2. The number of rotatable bonds is 6. The third-order valence-corrected chi connectivity index (χ3v) is 5.37. The molecule has 0 aliphatic carbocycles. The van der Waals surface area contributed by atoms with Gasteiger partial charge in [-0.2, -0.15) is 0 Å². The number of nitrogens with one attached hydrogen (secondary N) is 1. The topological polar surface area (TPSA) is 58.6 Å². The van der Waals surface area contributed by atoms with Crippen molar-refractivity contribution in [3.63, 3.8) is 0 Å². The third-order valence-electron chi connectivity index (χ3n) is 4.96. The molecule has 1 N–H and O–H groups in total. The van der Waals surface area contributed by atoms with Crippen LogP contribution in [0, 0.1) is 12.8 Å². The van der Waals surface area contributed by atoms with Crippen molar-refractivity contribution in [1.29, 1.82) is 0 Å². The van der Waals surface area contributed by atoms with Gasteiger partial charge in [0.1, 0.15) is 11.8 Å². The lowest BCUT2D eigenvalue weighted by Gasteiger charge is -2.28. The van der Waals surface area contributed by atoms with E-state index in [9.17, 15) is 9.59 Å². The molecule has 0 bridgehead atoms. The monoisotopic (exact) mass is 400 g/mol. The van der Waals surface area contributed by atoms with E-state index in [1.54, 1.807) is 17.0 Å². The van der Waals surface area contributed by atoms with Gasteiger partial charge in [0, 0.05) is 23.2 Å². The van der Waals surface area contributed by atoms with Gasteiger partial charge in [-0.05, 0) is 42.5 Å². The maximum atomic E-state index is 13.2. The smallest absolute Gasteiger partial charge is 0.255 e. The zero-order valence-corrected chi connectivity index (χ0v) is 17.3. The van der Waals surface area contributed by atoms with Crippen LogP contribution in [0.25, 0.3) is 0 Å². The summed E-state index contributed by atoms with van der Waals surface area (Å²) in [5.74, 6) is 0.412. The summed E-state index contributed by atoms with van der Waals surface area (Å²) >= 11 is 6.16. The first-order valence-corrected chi connectivity index (χ1v) is 9.73. The van der Waals surface area contributed by atoms with Gasteiger partial charge in [-0.25, -0.2) is 0 Å². The second-order valence-electron chi connectivity index (χ2n) is 7.53. The first kappa shape index (κ1) is 20.2. The summed E-state index contributed by atoms with van der Waals surface area (Å²) in [5.41, 5.74) is 3.01. The molecule has 0 fully saturated rings. The number of halogens is 1. The van der Waals surface area contributed by atoms with E-state index in [1.165, 1.54) is 7.11 Å². The second-order valence-corrected chi connectivity index (χ2v) is 7.93. The van der Waals surface area contributed by atoms with Crippen molar-refractivity contribution in [3.05, 3.63) is 58.1 Å². The number of carbonyl (C=O) groups is 2. The number of anilines is 1. The fourth-order valence-electron chi connectivity index (χ4n) is 3.50. The molecule has 5 nitrogen and oxygen atoms in total. The highest BCUT2D eigenvalue weighted by Gasteiger charge is 2.36. The lowest BCUT2D eigenvalue weighted by Crippen LogP contribution is -2.45. The molecule has 1 aliphatic heterocycles. The van der Waals surface area contributed by atoms with Crippen LogP contribution in [0.4, 0.5) is 5.69 Å². The summed E-state index contributed by atoms with van der Waals surface area (Å²) < 4.78 is 5.36. The fraction of sp³-hybridized carbons (Fsp3) is 0.364. The highest BCUT2D eigenvalue weighted by atomic mass is 35.5. The standard InChI is InChI=1S/C22H25ClN2O3/c1-13(2)9-19(25-12-15-7-5-6-8-16(15)22(25)27)21(26)24-18-10-14(3)17(23)11-20(18)28-4/h5-8,10-11,13,19H,9,12H2,1-4H3,(H,24,26). The van der Waals surface area contributed by atoms with Crippen LogP contribution < -0.4 is 10.1 Å². The number of hydrogen-bond acceptors (Lipinski definition) is 3. The lowest BCUT2D eigenvalue weighted by atomic mass is 10.0. The van der Waals surface area contributed by atoms with Crippen LogP contribution in [0.1, 0.15) is 41.8 Å². The van der Waals surface area contributed by atoms with Gasteiger partial charge >= 0.3 is 0 Å². The molecule has 0 spiro atoms. The molecule has 2 aromatic carbocycles. The Morgan fingerprint density at radius 1 is 1.29 bits per heavy atom. The summed E-state index contributed by atoms with van der Waals surface area (Å²) in [4.78, 5) is 27.8. The van der Waals surface area contributed by atoms with Crippen LogP contribution in [-0.2, 0) is 11.3 Å². The molecule has 148 valence electrons. The van der Waals surface area contributed by atoms with E-state index in [0.29, 0.717) is 35.0 Å². The van der Waals surface area contributed by atoms with Crippen molar-refractivity contribution in [1.82, 2.24) is 4.90 Å². The largest absolute Gasteiger partial charge is 0.495 e. The Morgan fingerprint density at radius 2 is 2.00 bits per heavy atom. The van der Waals surface area contributed by atoms with Crippen LogP contribution in [0.2, 0.25) is 5.02 Å². The van der Waals surface area contributed by atoms with E-state index in [4.69, 9.17) is 16.3 Å². The highest BCUT2D eigenvalue weighted by Crippen LogP contribution is 2.32. The van der Waals surface area contributed by atoms with Gasteiger partial charge in [0.15, 0.2) is 0 Å². The molecule has 2 amide bonds. The fourth-order valence-corrected chi connectivity index (χ4v) is 3.65. The normalized spacial score (nSPS) is 14.2. The number of benzene rings is 2. The number of ether oxygens (including phenoxy) is 1. The predicted molar refractivity (Wildman–Crippen MR) is 111 cm³/mol. The molecule has 1 aliphatic rings. The van der Waals surface area contributed by atoms with Crippen LogP contribution in [0.3, 0.4) is 0 Å².